The Kier molecular flexibility index (Phi) is 47.0. The number of esters is 3. The van der Waals surface area contributed by atoms with E-state index < -0.39 is 67.3 Å². The van der Waals surface area contributed by atoms with Gasteiger partial charge in [0, 0.05) is 19.3 Å². The van der Waals surface area contributed by atoms with Gasteiger partial charge in [0.25, 0.3) is 0 Å². The first kappa shape index (κ1) is 69.2. The van der Waals surface area contributed by atoms with Gasteiger partial charge in [0.05, 0.1) is 6.61 Å². The number of carboxylic acids is 1. The van der Waals surface area contributed by atoms with Crippen LogP contribution in [-0.2, 0) is 42.9 Å². The summed E-state index contributed by atoms with van der Waals surface area (Å²) < 4.78 is 28.4. The van der Waals surface area contributed by atoms with Crippen molar-refractivity contribution in [1.82, 2.24) is 0 Å². The van der Waals surface area contributed by atoms with Gasteiger partial charge in [-0.1, -0.05) is 196 Å². The van der Waals surface area contributed by atoms with Crippen LogP contribution in [0.5, 0.6) is 0 Å². The fourth-order valence-electron chi connectivity index (χ4n) is 8.58. The fourth-order valence-corrected chi connectivity index (χ4v) is 8.58. The molecule has 12 heteroatoms. The van der Waals surface area contributed by atoms with E-state index >= 15 is 0 Å². The average Bonchev–Trinajstić information content (AvgIpc) is 3.39. The zero-order chi connectivity index (χ0) is 54.7. The molecule has 0 aromatic carbocycles. The van der Waals surface area contributed by atoms with Gasteiger partial charge < -0.3 is 39.0 Å². The van der Waals surface area contributed by atoms with Crippen molar-refractivity contribution in [2.45, 2.75) is 289 Å². The van der Waals surface area contributed by atoms with Gasteiger partial charge in [0.1, 0.15) is 18.8 Å². The predicted octanol–water partition coefficient (Wildman–Crippen LogP) is 15.3. The highest BCUT2D eigenvalue weighted by molar-refractivity contribution is 5.74. The summed E-state index contributed by atoms with van der Waals surface area (Å²) in [6.45, 7) is 5.86. The molecular formula is C63H106O12. The Morgan fingerprint density at radius 3 is 1.31 bits per heavy atom. The van der Waals surface area contributed by atoms with Crippen molar-refractivity contribution >= 4 is 23.9 Å². The van der Waals surface area contributed by atoms with Gasteiger partial charge >= 0.3 is 23.9 Å². The number of ether oxygens (including phenoxy) is 5. The Bertz CT molecular complexity index is 1580. The number of unbranched alkanes of at least 4 members (excludes halogenated alkanes) is 24. The lowest BCUT2D eigenvalue weighted by Crippen LogP contribution is -2.61. The second-order valence-electron chi connectivity index (χ2n) is 20.3. The van der Waals surface area contributed by atoms with Crippen LogP contribution in [-0.4, -0.2) is 89.2 Å². The first-order chi connectivity index (χ1) is 36.6. The largest absolute Gasteiger partial charge is 0.479 e. The van der Waals surface area contributed by atoms with Crippen molar-refractivity contribution in [2.24, 2.45) is 0 Å². The van der Waals surface area contributed by atoms with Crippen LogP contribution in [0.3, 0.4) is 0 Å². The molecule has 75 heavy (non-hydrogen) atoms. The molecule has 0 aromatic heterocycles. The van der Waals surface area contributed by atoms with E-state index in [0.29, 0.717) is 19.3 Å². The molecule has 3 N–H and O–H groups in total. The lowest BCUT2D eigenvalue weighted by Gasteiger charge is -2.40. The summed E-state index contributed by atoms with van der Waals surface area (Å²) in [5.41, 5.74) is 0. The summed E-state index contributed by atoms with van der Waals surface area (Å²) in [5, 5.41) is 31.5. The van der Waals surface area contributed by atoms with E-state index in [4.69, 9.17) is 23.7 Å². The average molecular weight is 1060 g/mol. The molecule has 1 rings (SSSR count). The van der Waals surface area contributed by atoms with Crippen LogP contribution in [0.25, 0.3) is 0 Å². The molecule has 430 valence electrons. The molecule has 1 saturated heterocycles. The molecule has 0 amide bonds. The van der Waals surface area contributed by atoms with Crippen LogP contribution in [0.2, 0.25) is 0 Å². The topological polar surface area (TPSA) is 175 Å². The number of carboxylic acid groups (broad SMARTS) is 1. The maximum atomic E-state index is 13.1. The molecule has 0 aliphatic carbocycles. The van der Waals surface area contributed by atoms with Crippen molar-refractivity contribution in [3.8, 4) is 0 Å². The van der Waals surface area contributed by atoms with Gasteiger partial charge in [-0.15, -0.1) is 0 Å². The number of carbonyl (C=O) groups is 4. The molecule has 0 saturated carbocycles. The Morgan fingerprint density at radius 2 is 0.827 bits per heavy atom. The number of aliphatic hydroxyl groups excluding tert-OH is 2. The molecule has 1 fully saturated rings. The van der Waals surface area contributed by atoms with Crippen molar-refractivity contribution in [3.05, 3.63) is 72.9 Å². The molecule has 0 radical (unpaired) electrons. The van der Waals surface area contributed by atoms with Crippen LogP contribution in [0.15, 0.2) is 72.9 Å². The van der Waals surface area contributed by atoms with E-state index in [-0.39, 0.29) is 25.9 Å². The van der Waals surface area contributed by atoms with Crippen LogP contribution < -0.4 is 0 Å². The Labute approximate surface area is 455 Å². The summed E-state index contributed by atoms with van der Waals surface area (Å²) in [6.07, 6.45) is 51.5. The number of hydrogen-bond donors (Lipinski definition) is 3. The standard InChI is InChI=1S/C63H106O12/c1-4-7-10-13-16-19-22-25-26-27-28-29-30-33-34-37-40-43-46-49-55(64)71-52-54(73-56(65)50-47-44-41-38-35-31-23-20-17-14-11-8-5-2)53-72-63-61(59(68)58(67)60(75-63)62(69)70)74-57(66)51-48-45-42-39-36-32-24-21-18-15-12-9-6-3/h11,14,16,19-21,23-26,28-29,54,58-61,63,67-68H,4-10,12-13,15,17-18,22,27,30-53H2,1-3H3,(H,69,70)/b14-11-,19-16-,23-20-,24-21-,26-25-,29-28-. The summed E-state index contributed by atoms with van der Waals surface area (Å²) in [7, 11) is 0. The normalized spacial score (nSPS) is 18.7. The fraction of sp³-hybridized carbons (Fsp3) is 0.746. The SMILES string of the molecule is CCC/C=C\C/C=C\CCCCCCCC(=O)OC(COC(=O)CCCCCCCC/C=C\C/C=C\C/C=C\CCCCC)COC1OC(C(=O)O)C(O)C(O)C1OC(=O)CCCCCCC/C=C\CCCCCC. The van der Waals surface area contributed by atoms with Gasteiger partial charge in [-0.2, -0.15) is 0 Å². The number of allylic oxidation sites excluding steroid dienone is 12. The summed E-state index contributed by atoms with van der Waals surface area (Å²) >= 11 is 0. The highest BCUT2D eigenvalue weighted by Gasteiger charge is 2.50. The highest BCUT2D eigenvalue weighted by atomic mass is 16.7. The van der Waals surface area contributed by atoms with Crippen molar-refractivity contribution in [2.75, 3.05) is 13.2 Å². The Balaban J connectivity index is 2.69. The third-order valence-corrected chi connectivity index (χ3v) is 13.2. The smallest absolute Gasteiger partial charge is 0.335 e. The molecule has 0 spiro atoms. The quantitative estimate of drug-likeness (QED) is 0.0228. The monoisotopic (exact) mass is 1050 g/mol. The maximum absolute atomic E-state index is 13.1. The van der Waals surface area contributed by atoms with Gasteiger partial charge in [-0.3, -0.25) is 14.4 Å². The van der Waals surface area contributed by atoms with Crippen LogP contribution in [0.4, 0.5) is 0 Å². The zero-order valence-electron chi connectivity index (χ0n) is 47.3. The molecule has 0 aromatic rings. The van der Waals surface area contributed by atoms with Gasteiger partial charge in [-0.25, -0.2) is 4.79 Å². The third kappa shape index (κ3) is 41.0. The third-order valence-electron chi connectivity index (χ3n) is 13.2. The molecule has 6 unspecified atom stereocenters. The van der Waals surface area contributed by atoms with E-state index in [1.807, 2.05) is 0 Å². The molecule has 6 atom stereocenters. The van der Waals surface area contributed by atoms with Gasteiger partial charge in [0.15, 0.2) is 24.6 Å². The van der Waals surface area contributed by atoms with Crippen LogP contribution in [0, 0.1) is 0 Å². The number of aliphatic hydroxyl groups is 2. The summed E-state index contributed by atoms with van der Waals surface area (Å²) in [5.74, 6) is -3.16. The second kappa shape index (κ2) is 50.9. The van der Waals surface area contributed by atoms with Gasteiger partial charge in [-0.05, 0) is 109 Å². The highest BCUT2D eigenvalue weighted by Crippen LogP contribution is 2.26. The van der Waals surface area contributed by atoms with E-state index in [2.05, 4.69) is 93.7 Å². The maximum Gasteiger partial charge on any atom is 0.335 e. The van der Waals surface area contributed by atoms with Crippen molar-refractivity contribution < 1.29 is 58.2 Å². The van der Waals surface area contributed by atoms with E-state index in [1.165, 1.54) is 51.4 Å². The van der Waals surface area contributed by atoms with Crippen LogP contribution in [0.1, 0.15) is 252 Å². The molecule has 1 aliphatic heterocycles. The van der Waals surface area contributed by atoms with Crippen LogP contribution >= 0.6 is 0 Å². The number of carbonyl (C=O) groups excluding carboxylic acids is 3. The van der Waals surface area contributed by atoms with E-state index in [0.717, 1.165) is 141 Å². The first-order valence-corrected chi connectivity index (χ1v) is 29.9. The van der Waals surface area contributed by atoms with E-state index in [1.54, 1.807) is 0 Å². The lowest BCUT2D eigenvalue weighted by atomic mass is 9.98. The second-order valence-corrected chi connectivity index (χ2v) is 20.3. The minimum Gasteiger partial charge on any atom is -0.479 e. The minimum absolute atomic E-state index is 0.0458. The first-order valence-electron chi connectivity index (χ1n) is 29.9. The van der Waals surface area contributed by atoms with E-state index in [9.17, 15) is 34.5 Å². The molecule has 1 aliphatic rings. The molecule has 1 heterocycles. The Hall–Kier alpha value is -3.84. The van der Waals surface area contributed by atoms with Gasteiger partial charge in [0.2, 0.25) is 0 Å². The molecular weight excluding hydrogens is 949 g/mol. The molecule has 12 nitrogen and oxygen atoms in total. The lowest BCUT2D eigenvalue weighted by molar-refractivity contribution is -0.301. The van der Waals surface area contributed by atoms with Crippen molar-refractivity contribution in [3.63, 3.8) is 0 Å². The number of aliphatic carboxylic acids is 1. The minimum atomic E-state index is -1.91. The summed E-state index contributed by atoms with van der Waals surface area (Å²) in [4.78, 5) is 51.1. The van der Waals surface area contributed by atoms with Crippen molar-refractivity contribution in [1.29, 1.82) is 0 Å². The predicted molar refractivity (Wildman–Crippen MR) is 303 cm³/mol. The molecule has 0 bridgehead atoms. The zero-order valence-corrected chi connectivity index (χ0v) is 47.3. The number of rotatable bonds is 50. The summed E-state index contributed by atoms with van der Waals surface area (Å²) in [6, 6.07) is 0. The number of hydrogen-bond acceptors (Lipinski definition) is 11. The Morgan fingerprint density at radius 1 is 0.440 bits per heavy atom.